The zero-order valence-corrected chi connectivity index (χ0v) is 13.5. The highest BCUT2D eigenvalue weighted by Crippen LogP contribution is 2.15. The van der Waals surface area contributed by atoms with Gasteiger partial charge in [0.2, 0.25) is 0 Å². The highest BCUT2D eigenvalue weighted by atomic mass is 16.3. The Hall–Kier alpha value is -1.75. The number of aromatic hydroxyl groups is 1. The summed E-state index contributed by atoms with van der Waals surface area (Å²) in [6.07, 6.45) is 2.56. The predicted molar refractivity (Wildman–Crippen MR) is 87.8 cm³/mol. The van der Waals surface area contributed by atoms with Crippen LogP contribution in [0.1, 0.15) is 32.3 Å². The van der Waals surface area contributed by atoms with Crippen LogP contribution in [0.3, 0.4) is 0 Å². The first-order chi connectivity index (χ1) is 10.5. The molecule has 0 aliphatic carbocycles. The number of amides is 2. The Kier molecular flexibility index (Phi) is 6.07. The molecule has 5 nitrogen and oxygen atoms in total. The molecule has 1 saturated heterocycles. The minimum Gasteiger partial charge on any atom is -0.508 e. The normalized spacial score (nSPS) is 20.4. The zero-order valence-electron chi connectivity index (χ0n) is 13.5. The summed E-state index contributed by atoms with van der Waals surface area (Å²) in [5, 5.41) is 15.2. The monoisotopic (exact) mass is 305 g/mol. The second-order valence-corrected chi connectivity index (χ2v) is 6.40. The molecule has 1 fully saturated rings. The van der Waals surface area contributed by atoms with Gasteiger partial charge in [-0.3, -0.25) is 0 Å². The molecule has 22 heavy (non-hydrogen) atoms. The molecule has 0 radical (unpaired) electrons. The van der Waals surface area contributed by atoms with Crippen molar-refractivity contribution in [2.75, 3.05) is 19.6 Å². The fourth-order valence-corrected chi connectivity index (χ4v) is 3.01. The lowest BCUT2D eigenvalue weighted by Gasteiger charge is -2.32. The predicted octanol–water partition coefficient (Wildman–Crippen LogP) is 2.31. The number of hydrogen-bond donors (Lipinski definition) is 3. The number of carbonyl (C=O) groups is 1. The summed E-state index contributed by atoms with van der Waals surface area (Å²) in [6, 6.07) is 6.86. The largest absolute Gasteiger partial charge is 0.508 e. The summed E-state index contributed by atoms with van der Waals surface area (Å²) in [6.45, 7) is 7.87. The summed E-state index contributed by atoms with van der Waals surface area (Å²) in [4.78, 5) is 14.3. The Labute approximate surface area is 132 Å². The van der Waals surface area contributed by atoms with E-state index in [9.17, 15) is 9.90 Å². The summed E-state index contributed by atoms with van der Waals surface area (Å²) in [7, 11) is 0. The van der Waals surface area contributed by atoms with Crippen molar-refractivity contribution in [2.45, 2.75) is 39.3 Å². The van der Waals surface area contributed by atoms with Gasteiger partial charge in [0.05, 0.1) is 0 Å². The van der Waals surface area contributed by atoms with Crippen molar-refractivity contribution in [1.29, 1.82) is 0 Å². The third-order valence-electron chi connectivity index (χ3n) is 4.01. The van der Waals surface area contributed by atoms with E-state index in [1.54, 1.807) is 18.2 Å². The molecule has 3 N–H and O–H groups in total. The average molecular weight is 305 g/mol. The molecule has 2 atom stereocenters. The van der Waals surface area contributed by atoms with E-state index in [0.29, 0.717) is 6.54 Å². The number of nitrogens with zero attached hydrogens (tertiary/aromatic N) is 1. The molecule has 1 aliphatic heterocycles. The number of carbonyl (C=O) groups excluding carboxylic acids is 1. The molecular formula is C17H27N3O2. The van der Waals surface area contributed by atoms with Gasteiger partial charge < -0.3 is 20.6 Å². The van der Waals surface area contributed by atoms with Gasteiger partial charge >= 0.3 is 6.03 Å². The number of phenolic OH excluding ortho intramolecular Hbond substituents is 1. The Morgan fingerprint density at radius 1 is 1.50 bits per heavy atom. The van der Waals surface area contributed by atoms with E-state index in [4.69, 9.17) is 0 Å². The molecule has 2 amide bonds. The van der Waals surface area contributed by atoms with Crippen LogP contribution >= 0.6 is 0 Å². The highest BCUT2D eigenvalue weighted by Gasteiger charge is 2.18. The first-order valence-corrected chi connectivity index (χ1v) is 8.07. The minimum atomic E-state index is -0.166. The van der Waals surface area contributed by atoms with Gasteiger partial charge in [-0.15, -0.1) is 0 Å². The van der Waals surface area contributed by atoms with Crippen LogP contribution in [0, 0.1) is 5.92 Å². The summed E-state index contributed by atoms with van der Waals surface area (Å²) >= 11 is 0. The van der Waals surface area contributed by atoms with Crippen molar-refractivity contribution in [1.82, 2.24) is 15.5 Å². The van der Waals surface area contributed by atoms with Crippen LogP contribution in [-0.4, -0.2) is 41.7 Å². The number of likely N-dealkylation sites (tertiary alicyclic amines) is 1. The quantitative estimate of drug-likeness (QED) is 0.782. The van der Waals surface area contributed by atoms with Crippen molar-refractivity contribution in [2.24, 2.45) is 5.92 Å². The molecule has 5 heteroatoms. The number of benzene rings is 1. The van der Waals surface area contributed by atoms with E-state index in [-0.39, 0.29) is 17.8 Å². The van der Waals surface area contributed by atoms with Gasteiger partial charge in [0.15, 0.2) is 0 Å². The van der Waals surface area contributed by atoms with Crippen LogP contribution in [0.5, 0.6) is 5.75 Å². The van der Waals surface area contributed by atoms with E-state index in [2.05, 4.69) is 22.5 Å². The fourth-order valence-electron chi connectivity index (χ4n) is 3.01. The second-order valence-electron chi connectivity index (χ2n) is 6.40. The number of urea groups is 1. The smallest absolute Gasteiger partial charge is 0.315 e. The van der Waals surface area contributed by atoms with Crippen LogP contribution in [0.4, 0.5) is 4.79 Å². The first-order valence-electron chi connectivity index (χ1n) is 8.07. The lowest BCUT2D eigenvalue weighted by Crippen LogP contribution is -2.47. The maximum Gasteiger partial charge on any atom is 0.315 e. The van der Waals surface area contributed by atoms with Crippen molar-refractivity contribution in [3.8, 4) is 5.75 Å². The maximum absolute atomic E-state index is 11.9. The van der Waals surface area contributed by atoms with E-state index in [0.717, 1.165) is 31.1 Å². The standard InChI is InChI=1S/C17H27N3O2/c1-13-5-4-8-20(11-13)12-14(2)19-17(22)18-10-15-6-3-7-16(21)9-15/h3,6-7,9,13-14,21H,4-5,8,10-12H2,1-2H3,(H2,18,19,22)/t13-,14+/m1/s1. The van der Waals surface area contributed by atoms with E-state index in [1.807, 2.05) is 13.0 Å². The number of phenols is 1. The van der Waals surface area contributed by atoms with Crippen molar-refractivity contribution in [3.05, 3.63) is 29.8 Å². The maximum atomic E-state index is 11.9. The second kappa shape index (κ2) is 8.03. The number of piperidine rings is 1. The first kappa shape index (κ1) is 16.6. The average Bonchev–Trinajstić information content (AvgIpc) is 2.45. The van der Waals surface area contributed by atoms with Crippen LogP contribution in [0.2, 0.25) is 0 Å². The zero-order chi connectivity index (χ0) is 15.9. The molecule has 0 aromatic heterocycles. The molecule has 0 bridgehead atoms. The lowest BCUT2D eigenvalue weighted by atomic mass is 10.00. The third kappa shape index (κ3) is 5.56. The SMILES string of the molecule is C[C@@H]1CCCN(C[C@H](C)NC(=O)NCc2cccc(O)c2)C1. The van der Waals surface area contributed by atoms with E-state index < -0.39 is 0 Å². The Balaban J connectivity index is 1.69. The molecule has 1 aliphatic rings. The number of nitrogens with one attached hydrogen (secondary N) is 2. The van der Waals surface area contributed by atoms with Crippen LogP contribution in [0.25, 0.3) is 0 Å². The number of rotatable bonds is 5. The molecule has 1 aromatic carbocycles. The molecule has 0 unspecified atom stereocenters. The van der Waals surface area contributed by atoms with Gasteiger partial charge in [-0.05, 0) is 49.9 Å². The Morgan fingerprint density at radius 2 is 2.32 bits per heavy atom. The Bertz CT molecular complexity index is 493. The summed E-state index contributed by atoms with van der Waals surface area (Å²) in [5.41, 5.74) is 0.882. The lowest BCUT2D eigenvalue weighted by molar-refractivity contribution is 0.169. The molecule has 0 spiro atoms. The van der Waals surface area contributed by atoms with Gasteiger partial charge in [0, 0.05) is 25.7 Å². The van der Waals surface area contributed by atoms with E-state index >= 15 is 0 Å². The Morgan fingerprint density at radius 3 is 3.05 bits per heavy atom. The van der Waals surface area contributed by atoms with Crippen molar-refractivity contribution in [3.63, 3.8) is 0 Å². The molecule has 2 rings (SSSR count). The topological polar surface area (TPSA) is 64.6 Å². The van der Waals surface area contributed by atoms with Crippen LogP contribution in [-0.2, 0) is 6.54 Å². The van der Waals surface area contributed by atoms with Gasteiger partial charge in [-0.25, -0.2) is 4.79 Å². The van der Waals surface area contributed by atoms with Crippen LogP contribution < -0.4 is 10.6 Å². The molecular weight excluding hydrogens is 278 g/mol. The van der Waals surface area contributed by atoms with Gasteiger partial charge in [0.25, 0.3) is 0 Å². The van der Waals surface area contributed by atoms with Gasteiger partial charge in [-0.1, -0.05) is 19.1 Å². The summed E-state index contributed by atoms with van der Waals surface area (Å²) in [5.74, 6) is 0.966. The summed E-state index contributed by atoms with van der Waals surface area (Å²) < 4.78 is 0. The molecule has 1 aromatic rings. The van der Waals surface area contributed by atoms with Crippen molar-refractivity contribution >= 4 is 6.03 Å². The third-order valence-corrected chi connectivity index (χ3v) is 4.01. The van der Waals surface area contributed by atoms with Crippen molar-refractivity contribution < 1.29 is 9.90 Å². The van der Waals surface area contributed by atoms with Crippen LogP contribution in [0.15, 0.2) is 24.3 Å². The van der Waals surface area contributed by atoms with E-state index in [1.165, 1.54) is 12.8 Å². The van der Waals surface area contributed by atoms with Gasteiger partial charge in [0.1, 0.15) is 5.75 Å². The number of hydrogen-bond acceptors (Lipinski definition) is 3. The van der Waals surface area contributed by atoms with Gasteiger partial charge in [-0.2, -0.15) is 0 Å². The molecule has 1 heterocycles. The fraction of sp³-hybridized carbons (Fsp3) is 0.588. The highest BCUT2D eigenvalue weighted by molar-refractivity contribution is 5.74. The molecule has 0 saturated carbocycles. The molecule has 122 valence electrons. The minimum absolute atomic E-state index is 0.120.